The van der Waals surface area contributed by atoms with Gasteiger partial charge >= 0.3 is 30.3 Å². The van der Waals surface area contributed by atoms with Gasteiger partial charge in [0.05, 0.1) is 46.6 Å². The van der Waals surface area contributed by atoms with E-state index in [-0.39, 0.29) is 121 Å². The Hall–Kier alpha value is -10.7. The highest BCUT2D eigenvalue weighted by atomic mass is 35.5. The first-order chi connectivity index (χ1) is 61.5. The largest absolute Gasteiger partial charge is 0.480 e. The van der Waals surface area contributed by atoms with E-state index < -0.39 is 83.6 Å². The molecule has 1 radical (unpaired) electrons. The van der Waals surface area contributed by atoms with Crippen LogP contribution in [0.15, 0.2) is 194 Å². The van der Waals surface area contributed by atoms with Crippen LogP contribution in [0.1, 0.15) is 177 Å². The predicted molar refractivity (Wildman–Crippen MR) is 505 cm³/mol. The summed E-state index contributed by atoms with van der Waals surface area (Å²) >= 11 is 24.4. The molecule has 2 aliphatic heterocycles. The number of carbonyl (C=O) groups is 10. The molecule has 2 fully saturated rings. The third kappa shape index (κ3) is 31.3. The zero-order valence-corrected chi connectivity index (χ0v) is 78.8. The predicted octanol–water partition coefficient (Wildman–Crippen LogP) is 19.5. The van der Waals surface area contributed by atoms with E-state index in [0.29, 0.717) is 70.3 Å². The van der Waals surface area contributed by atoms with Crippen LogP contribution in [0.4, 0.5) is 19.2 Å². The lowest BCUT2D eigenvalue weighted by Crippen LogP contribution is -2.56. The molecule has 4 aliphatic rings. The maximum atomic E-state index is 15.2. The number of alkyl carbamates (subject to hydrolysis) is 2. The molecule has 0 spiro atoms. The number of carboxylic acids is 1. The summed E-state index contributed by atoms with van der Waals surface area (Å²) in [7, 11) is 0.123. The second-order valence-corrected chi connectivity index (χ2v) is 37.5. The van der Waals surface area contributed by atoms with Gasteiger partial charge in [-0.15, -0.1) is 0 Å². The lowest BCUT2D eigenvalue weighted by molar-refractivity contribution is -0.145. The number of hydrogen-bond donors (Lipinski definition) is 6. The normalized spacial score (nSPS) is 15.9. The molecule has 0 unspecified atom stereocenters. The van der Waals surface area contributed by atoms with Crippen molar-refractivity contribution in [1.82, 2.24) is 41.3 Å². The number of carboxylic acid groups (broad SMARTS) is 1. The number of benzene rings is 8. The minimum atomic E-state index is -1.14. The van der Waals surface area contributed by atoms with Crippen LogP contribution in [0, 0.1) is 11.8 Å². The number of halogens is 4. The molecule has 2 heterocycles. The lowest BCUT2D eigenvalue weighted by atomic mass is 9.98. The zero-order chi connectivity index (χ0) is 93.7. The number of hydrogen-bond acceptors (Lipinski definition) is 16. The first kappa shape index (κ1) is 102. The first-order valence-corrected chi connectivity index (χ1v) is 46.0. The van der Waals surface area contributed by atoms with Crippen LogP contribution in [0.5, 0.6) is 0 Å². The molecule has 7 amide bonds. The van der Waals surface area contributed by atoms with Crippen molar-refractivity contribution >= 4 is 121 Å². The van der Waals surface area contributed by atoms with Crippen molar-refractivity contribution in [2.75, 3.05) is 39.4 Å². The van der Waals surface area contributed by atoms with E-state index in [0.717, 1.165) is 72.5 Å². The summed E-state index contributed by atoms with van der Waals surface area (Å²) in [5, 5.41) is 26.0. The van der Waals surface area contributed by atoms with Crippen LogP contribution < -0.4 is 26.6 Å². The number of aliphatic carboxylic acids is 1. The molecule has 129 heavy (non-hydrogen) atoms. The molecule has 685 valence electrons. The highest BCUT2D eigenvalue weighted by Crippen LogP contribution is 2.46. The molecule has 30 heteroatoms. The fourth-order valence-corrected chi connectivity index (χ4v) is 16.5. The van der Waals surface area contributed by atoms with E-state index in [2.05, 4.69) is 40.4 Å². The number of amides is 7. The van der Waals surface area contributed by atoms with Gasteiger partial charge in [-0.1, -0.05) is 251 Å². The molecule has 12 rings (SSSR count). The van der Waals surface area contributed by atoms with E-state index in [4.69, 9.17) is 65.4 Å². The zero-order valence-electron chi connectivity index (χ0n) is 74.9. The van der Waals surface area contributed by atoms with Gasteiger partial charge in [-0.05, 0) is 177 Å². The van der Waals surface area contributed by atoms with Gasteiger partial charge in [0, 0.05) is 83.2 Å². The average Bonchev–Trinajstić information content (AvgIpc) is 1.61. The number of Topliss-reactive ketones (excluding diaryl/α,β-unsaturated/α-hetero) is 2. The van der Waals surface area contributed by atoms with Crippen molar-refractivity contribution in [3.8, 4) is 22.3 Å². The number of nitrogens with zero attached hydrogens (tertiary/aromatic N) is 3. The smallest absolute Gasteiger partial charge is 0.410 e. The minimum Gasteiger partial charge on any atom is -0.480 e. The molecule has 2 saturated heterocycles. The molecule has 6 atom stereocenters. The van der Waals surface area contributed by atoms with Crippen molar-refractivity contribution in [1.29, 1.82) is 0 Å². The molecule has 8 aromatic rings. The maximum Gasteiger partial charge on any atom is 0.410 e. The summed E-state index contributed by atoms with van der Waals surface area (Å²) in [4.78, 5) is 136. The summed E-state index contributed by atoms with van der Waals surface area (Å²) in [6, 6.07) is 57.2. The van der Waals surface area contributed by atoms with E-state index in [1.807, 2.05) is 178 Å². The van der Waals surface area contributed by atoms with Crippen molar-refractivity contribution in [3.05, 3.63) is 259 Å². The summed E-state index contributed by atoms with van der Waals surface area (Å²) in [6.45, 7) is 22.8. The average molecular weight is 1860 g/mol. The third-order valence-electron chi connectivity index (χ3n) is 21.9. The monoisotopic (exact) mass is 1860 g/mol. The van der Waals surface area contributed by atoms with Gasteiger partial charge in [-0.3, -0.25) is 38.3 Å². The minimum absolute atomic E-state index is 0.00943. The molecule has 8 aromatic carbocycles. The molecule has 2 aliphatic carbocycles. The fourth-order valence-electron chi connectivity index (χ4n) is 15.9. The van der Waals surface area contributed by atoms with Gasteiger partial charge < -0.3 is 55.5 Å². The molecule has 0 aromatic heterocycles. The van der Waals surface area contributed by atoms with Gasteiger partial charge in [0.2, 0.25) is 24.7 Å². The summed E-state index contributed by atoms with van der Waals surface area (Å²) < 4.78 is 31.7. The first-order valence-electron chi connectivity index (χ1n) is 43.6. The number of carbonyl (C=O) groups excluding carboxylic acids is 9. The van der Waals surface area contributed by atoms with Crippen LogP contribution in [-0.2, 0) is 78.2 Å². The number of nitrogens with one attached hydrogen (secondary N) is 5. The van der Waals surface area contributed by atoms with E-state index in [1.54, 1.807) is 85.7 Å². The van der Waals surface area contributed by atoms with E-state index in [9.17, 15) is 52.8 Å². The summed E-state index contributed by atoms with van der Waals surface area (Å²) in [5.41, 5.74) is 10.9. The quantitative estimate of drug-likeness (QED) is 0.0126. The lowest BCUT2D eigenvalue weighted by Gasteiger charge is -2.35. The Morgan fingerprint density at radius 2 is 0.868 bits per heavy atom. The molecule has 0 bridgehead atoms. The second kappa shape index (κ2) is 49.4. The van der Waals surface area contributed by atoms with Gasteiger partial charge in [0.15, 0.2) is 0 Å². The standard InChI is InChI=1S/C49H56Cl2N4O7.C25H28N2O6.C24H30Cl2N2O2.CH3BOP/c1-31(2)25-43(45(57)52-28-33-20-22-41(50)42(51)26-33)54(24-23-35(56)21-19-32-13-7-6-8-14-32)46(58)44-27-34(53-47(59)62-49(3,4)5)29-55(44)48(60)61-30-40-38-17-11-9-15-36(38)37-16-10-12-18-39(37)40;1-25(2,3)33-23(30)26-15-12-21(22(28)29)27(13-15)24(31)32-14-20-18-10-6-4-8-16(18)17-9-5-7-11-19(17)20;1-17(2)14-23(24(30)28-16-19-9-11-21(25)22(26)15-19)27-13-12-20(29)10-8-18-6-4-3-5-7-18;1-2-4-3/h6-18,20,22,26,31,34,40,43-44H,19,21,23-25,27-30H2,1-5H3,(H,52,57)(H,53,59);4-11,15,20-21H,12-14H2,1-3H3,(H,26,30)(H,28,29);3-7,9,11,15,17,23,27H,8,10,12-14,16H2,1-2H3,(H,28,30);1H3/t34-,43-,44+;15-,21+;23-;/m111./s1. The van der Waals surface area contributed by atoms with Crippen molar-refractivity contribution in [2.45, 2.75) is 213 Å². The van der Waals surface area contributed by atoms with E-state index in [1.165, 1.54) is 9.80 Å². The Kier molecular flexibility index (Phi) is 39.1. The van der Waals surface area contributed by atoms with Gasteiger partial charge in [-0.2, -0.15) is 0 Å². The highest BCUT2D eigenvalue weighted by molar-refractivity contribution is 7.60. The Morgan fingerprint density at radius 1 is 0.488 bits per heavy atom. The Balaban J connectivity index is 0.000000235. The number of fused-ring (bicyclic) bond motifs is 6. The van der Waals surface area contributed by atoms with Gasteiger partial charge in [0.25, 0.3) is 0 Å². The Labute approximate surface area is 779 Å². The number of likely N-dealkylation sites (tertiary alicyclic amines) is 2. The van der Waals surface area contributed by atoms with Crippen LogP contribution in [0.25, 0.3) is 22.3 Å². The molecular weight excluding hydrogens is 1740 g/mol. The van der Waals surface area contributed by atoms with E-state index >= 15 is 4.79 Å². The number of rotatable bonds is 33. The van der Waals surface area contributed by atoms with Gasteiger partial charge in [0.1, 0.15) is 54.1 Å². The summed E-state index contributed by atoms with van der Waals surface area (Å²) in [5.74, 6) is -2.09. The van der Waals surface area contributed by atoms with Gasteiger partial charge in [-0.25, -0.2) is 24.0 Å². The Bertz CT molecular complexity index is 5090. The van der Waals surface area contributed by atoms with Crippen molar-refractivity contribution in [2.24, 2.45) is 11.8 Å². The second-order valence-electron chi connectivity index (χ2n) is 35.1. The maximum absolute atomic E-state index is 15.2. The molecule has 0 saturated carbocycles. The number of ether oxygens (including phenoxy) is 4. The SMILES string of the molecule is CC(C)(C)OC(=O)N[C@@H]1C[C@@H](C(=O)O)N(C(=O)OCC2c3ccccc3-c3ccccc32)C1.CC(C)C[C@@H](NCCC(=O)CCc1ccccc1)C(=O)NCc1ccc(Cl)c(Cl)c1.CC(C)C[C@H](C(=O)NCc1ccc(Cl)c(Cl)c1)N(CCC(=O)CCc1ccccc1)C(=O)[C@@H]1C[C@@H](NC(=O)OC(C)(C)C)CN1C(=O)OCC1c2ccccc2-c2ccccc21.C[B]P=O. The highest BCUT2D eigenvalue weighted by Gasteiger charge is 2.47. The van der Waals surface area contributed by atoms with Crippen LogP contribution in [0.3, 0.4) is 0 Å². The van der Waals surface area contributed by atoms with Crippen molar-refractivity contribution < 1.29 is 76.6 Å². The molecular formula is C99H117BCl4N8O16P. The fraction of sp³-hybridized carbons (Fsp3) is 0.414. The molecule has 6 N–H and O–H groups in total. The van der Waals surface area contributed by atoms with Crippen LogP contribution in [0.2, 0.25) is 26.9 Å². The number of ketones is 2. The van der Waals surface area contributed by atoms with Crippen LogP contribution in [-0.4, -0.2) is 173 Å². The third-order valence-corrected chi connectivity index (χ3v) is 23.6. The molecule has 24 nitrogen and oxygen atoms in total. The van der Waals surface area contributed by atoms with Crippen molar-refractivity contribution in [3.63, 3.8) is 0 Å². The number of aryl methyl sites for hydroxylation is 2. The van der Waals surface area contributed by atoms with Crippen LogP contribution >= 0.6 is 54.7 Å². The summed E-state index contributed by atoms with van der Waals surface area (Å²) in [6.07, 6.45) is 0.757. The topological polar surface area (TPSA) is 315 Å². The Morgan fingerprint density at radius 3 is 1.26 bits per heavy atom.